The number of rotatable bonds is 3. The molecule has 1 N–H and O–H groups in total. The fourth-order valence-electron chi connectivity index (χ4n) is 3.19. The van der Waals surface area contributed by atoms with Gasteiger partial charge in [-0.25, -0.2) is 0 Å². The first-order valence-electron chi connectivity index (χ1n) is 7.65. The van der Waals surface area contributed by atoms with E-state index in [0.29, 0.717) is 11.8 Å². The zero-order valence-corrected chi connectivity index (χ0v) is 12.5. The largest absolute Gasteiger partial charge is 0.508 e. The highest BCUT2D eigenvalue weighted by Crippen LogP contribution is 2.31. The van der Waals surface area contributed by atoms with Crippen LogP contribution in [0, 0.1) is 12.8 Å². The van der Waals surface area contributed by atoms with Gasteiger partial charge in [0.1, 0.15) is 5.75 Å². The minimum atomic E-state index is 0.316. The maximum atomic E-state index is 10.1. The summed E-state index contributed by atoms with van der Waals surface area (Å²) in [6.45, 7) is 8.86. The molecule has 2 unspecified atom stereocenters. The Morgan fingerprint density at radius 3 is 2.79 bits per heavy atom. The number of hydrogen-bond acceptors (Lipinski definition) is 2. The van der Waals surface area contributed by atoms with Crippen LogP contribution in [0.3, 0.4) is 0 Å². The zero-order chi connectivity index (χ0) is 13.8. The third kappa shape index (κ3) is 3.50. The Kier molecular flexibility index (Phi) is 4.87. The van der Waals surface area contributed by atoms with E-state index in [9.17, 15) is 5.11 Å². The van der Waals surface area contributed by atoms with Gasteiger partial charge in [-0.15, -0.1) is 0 Å². The van der Waals surface area contributed by atoms with Gasteiger partial charge in [0.15, 0.2) is 0 Å². The van der Waals surface area contributed by atoms with Crippen LogP contribution in [0.5, 0.6) is 5.75 Å². The highest BCUT2D eigenvalue weighted by Gasteiger charge is 2.22. The van der Waals surface area contributed by atoms with Gasteiger partial charge in [-0.05, 0) is 63.7 Å². The Balaban J connectivity index is 2.08. The quantitative estimate of drug-likeness (QED) is 0.878. The van der Waals surface area contributed by atoms with Gasteiger partial charge < -0.3 is 5.11 Å². The number of aromatic hydroxyl groups is 1. The summed E-state index contributed by atoms with van der Waals surface area (Å²) in [6.07, 6.45) is 5.25. The van der Waals surface area contributed by atoms with Gasteiger partial charge in [0, 0.05) is 11.6 Å². The predicted octanol–water partition coefficient (Wildman–Crippen LogP) is 4.27. The van der Waals surface area contributed by atoms with E-state index in [1.54, 1.807) is 0 Å². The molecule has 1 fully saturated rings. The van der Waals surface area contributed by atoms with Crippen molar-refractivity contribution < 1.29 is 5.11 Å². The lowest BCUT2D eigenvalue weighted by molar-refractivity contribution is 0.212. The summed E-state index contributed by atoms with van der Waals surface area (Å²) in [5.74, 6) is 1.34. The normalized spacial score (nSPS) is 23.0. The number of likely N-dealkylation sites (tertiary alicyclic amines) is 1. The first-order valence-corrected chi connectivity index (χ1v) is 7.65. The summed E-state index contributed by atoms with van der Waals surface area (Å²) in [6, 6.07) is 6.37. The van der Waals surface area contributed by atoms with Crippen LogP contribution in [0.2, 0.25) is 0 Å². The third-order valence-electron chi connectivity index (χ3n) is 4.64. The highest BCUT2D eigenvalue weighted by molar-refractivity contribution is 5.37. The summed E-state index contributed by atoms with van der Waals surface area (Å²) in [5, 5.41) is 10.1. The standard InChI is InChI=1S/C17H27NO/c1-4-15-6-5-10-18(11-9-15)14(3)16-8-7-13(2)12-17(16)19/h7-8,12,14-15,19H,4-6,9-11H2,1-3H3. The van der Waals surface area contributed by atoms with E-state index in [2.05, 4.69) is 30.9 Å². The maximum absolute atomic E-state index is 10.1. The van der Waals surface area contributed by atoms with Crippen molar-refractivity contribution in [2.24, 2.45) is 5.92 Å². The smallest absolute Gasteiger partial charge is 0.120 e. The van der Waals surface area contributed by atoms with Gasteiger partial charge in [-0.3, -0.25) is 4.90 Å². The molecule has 2 heteroatoms. The Labute approximate surface area is 117 Å². The molecule has 2 atom stereocenters. The number of aryl methyl sites for hydroxylation is 1. The fourth-order valence-corrected chi connectivity index (χ4v) is 3.19. The molecular formula is C17H27NO. The summed E-state index contributed by atoms with van der Waals surface area (Å²) in [7, 11) is 0. The van der Waals surface area contributed by atoms with Gasteiger partial charge in [0.2, 0.25) is 0 Å². The molecule has 1 aromatic carbocycles. The second-order valence-corrected chi connectivity index (χ2v) is 5.98. The molecule has 0 bridgehead atoms. The molecule has 0 amide bonds. The first-order chi connectivity index (χ1) is 9.11. The Hall–Kier alpha value is -1.02. The minimum Gasteiger partial charge on any atom is -0.508 e. The second kappa shape index (κ2) is 6.42. The number of benzene rings is 1. The lowest BCUT2D eigenvalue weighted by atomic mass is 9.98. The van der Waals surface area contributed by atoms with Crippen LogP contribution in [0.15, 0.2) is 18.2 Å². The first kappa shape index (κ1) is 14.4. The van der Waals surface area contributed by atoms with Crippen LogP contribution in [0.1, 0.15) is 56.7 Å². The van der Waals surface area contributed by atoms with Crippen molar-refractivity contribution in [1.82, 2.24) is 4.90 Å². The van der Waals surface area contributed by atoms with Gasteiger partial charge >= 0.3 is 0 Å². The number of phenolic OH excluding ortho intramolecular Hbond substituents is 1. The van der Waals surface area contributed by atoms with Crippen molar-refractivity contribution >= 4 is 0 Å². The molecule has 2 rings (SSSR count). The predicted molar refractivity (Wildman–Crippen MR) is 80.5 cm³/mol. The summed E-state index contributed by atoms with van der Waals surface area (Å²) >= 11 is 0. The van der Waals surface area contributed by atoms with E-state index in [4.69, 9.17) is 0 Å². The Morgan fingerprint density at radius 1 is 1.32 bits per heavy atom. The van der Waals surface area contributed by atoms with Gasteiger partial charge in [-0.1, -0.05) is 25.5 Å². The van der Waals surface area contributed by atoms with Crippen LogP contribution in [-0.2, 0) is 0 Å². The number of phenols is 1. The molecule has 1 aromatic rings. The summed E-state index contributed by atoms with van der Waals surface area (Å²) < 4.78 is 0. The molecule has 0 radical (unpaired) electrons. The molecule has 1 aliphatic rings. The molecule has 19 heavy (non-hydrogen) atoms. The van der Waals surface area contributed by atoms with E-state index >= 15 is 0 Å². The van der Waals surface area contributed by atoms with Gasteiger partial charge in [0.05, 0.1) is 0 Å². The van der Waals surface area contributed by atoms with Crippen LogP contribution in [0.25, 0.3) is 0 Å². The van der Waals surface area contributed by atoms with Crippen molar-refractivity contribution in [1.29, 1.82) is 0 Å². The third-order valence-corrected chi connectivity index (χ3v) is 4.64. The molecular weight excluding hydrogens is 234 g/mol. The van der Waals surface area contributed by atoms with Crippen molar-refractivity contribution in [2.75, 3.05) is 13.1 Å². The second-order valence-electron chi connectivity index (χ2n) is 5.98. The molecule has 0 spiro atoms. The number of nitrogens with zero attached hydrogens (tertiary/aromatic N) is 1. The fraction of sp³-hybridized carbons (Fsp3) is 0.647. The molecule has 1 aliphatic heterocycles. The molecule has 106 valence electrons. The molecule has 1 heterocycles. The lowest BCUT2D eigenvalue weighted by Gasteiger charge is -2.28. The topological polar surface area (TPSA) is 23.5 Å². The SMILES string of the molecule is CCC1CCCN(C(C)c2ccc(C)cc2O)CC1. The van der Waals surface area contributed by atoms with Gasteiger partial charge in [0.25, 0.3) is 0 Å². The average molecular weight is 261 g/mol. The molecule has 1 saturated heterocycles. The van der Waals surface area contributed by atoms with Crippen LogP contribution >= 0.6 is 0 Å². The monoisotopic (exact) mass is 261 g/mol. The summed E-state index contributed by atoms with van der Waals surface area (Å²) in [4.78, 5) is 2.53. The minimum absolute atomic E-state index is 0.316. The van der Waals surface area contributed by atoms with Crippen molar-refractivity contribution in [3.05, 3.63) is 29.3 Å². The molecule has 2 nitrogen and oxygen atoms in total. The molecule has 0 aromatic heterocycles. The van der Waals surface area contributed by atoms with Gasteiger partial charge in [-0.2, -0.15) is 0 Å². The van der Waals surface area contributed by atoms with E-state index in [1.165, 1.54) is 25.7 Å². The van der Waals surface area contributed by atoms with Crippen LogP contribution in [-0.4, -0.2) is 23.1 Å². The molecule has 0 aliphatic carbocycles. The average Bonchev–Trinajstić information content (AvgIpc) is 2.63. The maximum Gasteiger partial charge on any atom is 0.120 e. The van der Waals surface area contributed by atoms with E-state index in [0.717, 1.165) is 30.1 Å². The highest BCUT2D eigenvalue weighted by atomic mass is 16.3. The van der Waals surface area contributed by atoms with E-state index < -0.39 is 0 Å². The summed E-state index contributed by atoms with van der Waals surface area (Å²) in [5.41, 5.74) is 2.19. The Bertz CT molecular complexity index is 416. The van der Waals surface area contributed by atoms with E-state index in [-0.39, 0.29) is 0 Å². The molecule has 0 saturated carbocycles. The number of hydrogen-bond donors (Lipinski definition) is 1. The zero-order valence-electron chi connectivity index (χ0n) is 12.5. The van der Waals surface area contributed by atoms with Crippen molar-refractivity contribution in [3.63, 3.8) is 0 Å². The lowest BCUT2D eigenvalue weighted by Crippen LogP contribution is -2.28. The Morgan fingerprint density at radius 2 is 2.11 bits per heavy atom. The van der Waals surface area contributed by atoms with E-state index in [1.807, 2.05) is 13.0 Å². The van der Waals surface area contributed by atoms with Crippen molar-refractivity contribution in [3.8, 4) is 5.75 Å². The van der Waals surface area contributed by atoms with Crippen molar-refractivity contribution in [2.45, 2.75) is 52.5 Å². The van der Waals surface area contributed by atoms with Crippen LogP contribution in [0.4, 0.5) is 0 Å². The van der Waals surface area contributed by atoms with Crippen LogP contribution < -0.4 is 0 Å².